The molecule has 8 heteroatoms. The van der Waals surface area contributed by atoms with Gasteiger partial charge in [-0.2, -0.15) is 0 Å². The zero-order valence-corrected chi connectivity index (χ0v) is 17.3. The number of carbonyl (C=O) groups excluding carboxylic acids is 3. The van der Waals surface area contributed by atoms with Gasteiger partial charge in [-0.15, -0.1) is 0 Å². The van der Waals surface area contributed by atoms with Crippen LogP contribution in [0.5, 0.6) is 0 Å². The van der Waals surface area contributed by atoms with Crippen molar-refractivity contribution >= 4 is 23.7 Å². The highest BCUT2D eigenvalue weighted by atomic mass is 16.5. The van der Waals surface area contributed by atoms with Gasteiger partial charge in [-0.05, 0) is 24.8 Å². The summed E-state index contributed by atoms with van der Waals surface area (Å²) in [4.78, 5) is 40.7. The molecule has 1 aromatic carbocycles. The molecule has 2 aliphatic rings. The molecule has 8 nitrogen and oxygen atoms in total. The van der Waals surface area contributed by atoms with Crippen LogP contribution in [0.25, 0.3) is 11.3 Å². The Hall–Kier alpha value is -3.16. The van der Waals surface area contributed by atoms with Crippen molar-refractivity contribution in [3.05, 3.63) is 35.9 Å². The van der Waals surface area contributed by atoms with Gasteiger partial charge in [-0.1, -0.05) is 55.6 Å². The van der Waals surface area contributed by atoms with Crippen LogP contribution in [-0.4, -0.2) is 51.9 Å². The summed E-state index contributed by atoms with van der Waals surface area (Å²) < 4.78 is 5.21. The Labute approximate surface area is 175 Å². The minimum Gasteiger partial charge on any atom is -0.338 e. The number of rotatable bonds is 5. The van der Waals surface area contributed by atoms with Gasteiger partial charge in [0.25, 0.3) is 5.91 Å². The summed E-state index contributed by atoms with van der Waals surface area (Å²) in [7, 11) is 1.65. The number of hydrogen-bond donors (Lipinski definition) is 1. The highest BCUT2D eigenvalue weighted by Gasteiger charge is 2.55. The minimum atomic E-state index is -0.792. The van der Waals surface area contributed by atoms with E-state index in [2.05, 4.69) is 17.4 Å². The predicted molar refractivity (Wildman–Crippen MR) is 111 cm³/mol. The van der Waals surface area contributed by atoms with Gasteiger partial charge < -0.3 is 9.42 Å². The maximum Gasteiger partial charge on any atom is 0.327 e. The number of imide groups is 1. The molecule has 2 heterocycles. The molecule has 158 valence electrons. The molecule has 1 saturated carbocycles. The van der Waals surface area contributed by atoms with E-state index in [1.165, 1.54) is 10.5 Å². The molecule has 4 rings (SSSR count). The molecule has 0 bridgehead atoms. The molecule has 30 heavy (non-hydrogen) atoms. The summed E-state index contributed by atoms with van der Waals surface area (Å²) in [6.45, 7) is 1.74. The molecule has 0 atom stereocenters. The molecule has 1 aliphatic carbocycles. The van der Waals surface area contributed by atoms with Crippen LogP contribution in [0.15, 0.2) is 34.9 Å². The highest BCUT2D eigenvalue weighted by Crippen LogP contribution is 2.39. The molecule has 2 fully saturated rings. The minimum absolute atomic E-state index is 0.175. The first-order valence-corrected chi connectivity index (χ1v) is 10.4. The van der Waals surface area contributed by atoms with Gasteiger partial charge in [0, 0.05) is 18.7 Å². The van der Waals surface area contributed by atoms with Crippen molar-refractivity contribution in [2.45, 2.75) is 51.0 Å². The second-order valence-corrected chi connectivity index (χ2v) is 8.00. The normalized spacial score (nSPS) is 18.3. The van der Waals surface area contributed by atoms with Crippen LogP contribution in [-0.2, 0) is 16.0 Å². The van der Waals surface area contributed by atoms with Crippen LogP contribution in [0.3, 0.4) is 0 Å². The second kappa shape index (κ2) is 7.93. The lowest BCUT2D eigenvalue weighted by Crippen LogP contribution is -2.49. The van der Waals surface area contributed by atoms with Crippen molar-refractivity contribution in [3.8, 4) is 11.3 Å². The van der Waals surface area contributed by atoms with Gasteiger partial charge in [0.1, 0.15) is 17.8 Å². The van der Waals surface area contributed by atoms with Crippen molar-refractivity contribution in [2.24, 2.45) is 0 Å². The number of amides is 4. The van der Waals surface area contributed by atoms with E-state index >= 15 is 0 Å². The fourth-order valence-electron chi connectivity index (χ4n) is 4.37. The number of benzene rings is 1. The lowest BCUT2D eigenvalue weighted by atomic mass is 9.81. The van der Waals surface area contributed by atoms with Gasteiger partial charge in [-0.25, -0.2) is 4.79 Å². The van der Waals surface area contributed by atoms with E-state index in [0.29, 0.717) is 18.5 Å². The Morgan fingerprint density at radius 2 is 1.87 bits per heavy atom. The average molecular weight is 410 g/mol. The Bertz CT molecular complexity index is 960. The molecule has 0 radical (unpaired) electrons. The first-order chi connectivity index (χ1) is 14.4. The molecule has 1 spiro atoms. The lowest BCUT2D eigenvalue weighted by Gasteiger charge is -2.35. The number of urea groups is 1. The fraction of sp³-hybridized carbons (Fsp3) is 0.455. The van der Waals surface area contributed by atoms with Crippen molar-refractivity contribution in [2.75, 3.05) is 18.9 Å². The number of anilines is 1. The molecule has 1 N–H and O–H groups in total. The molecule has 2 aromatic rings. The zero-order valence-electron chi connectivity index (χ0n) is 17.3. The number of nitrogens with one attached hydrogen (secondary N) is 1. The van der Waals surface area contributed by atoms with Crippen LogP contribution in [0.2, 0.25) is 0 Å². The van der Waals surface area contributed by atoms with Gasteiger partial charge >= 0.3 is 6.03 Å². The Morgan fingerprint density at radius 1 is 1.17 bits per heavy atom. The number of aryl methyl sites for hydroxylation is 1. The van der Waals surface area contributed by atoms with Crippen molar-refractivity contribution in [3.63, 3.8) is 0 Å². The van der Waals surface area contributed by atoms with E-state index < -0.39 is 17.5 Å². The predicted octanol–water partition coefficient (Wildman–Crippen LogP) is 3.44. The number of nitrogens with zero attached hydrogens (tertiary/aromatic N) is 3. The topological polar surface area (TPSA) is 95.8 Å². The van der Waals surface area contributed by atoms with Crippen molar-refractivity contribution in [1.29, 1.82) is 0 Å². The lowest BCUT2D eigenvalue weighted by molar-refractivity contribution is -0.136. The monoisotopic (exact) mass is 410 g/mol. The molecule has 1 saturated heterocycles. The third kappa shape index (κ3) is 3.46. The van der Waals surface area contributed by atoms with E-state index in [1.807, 2.05) is 24.3 Å². The maximum absolute atomic E-state index is 13.0. The van der Waals surface area contributed by atoms with E-state index in [-0.39, 0.29) is 18.3 Å². The Kier molecular flexibility index (Phi) is 5.32. The molecule has 1 aromatic heterocycles. The Balaban J connectivity index is 1.42. The van der Waals surface area contributed by atoms with E-state index in [1.54, 1.807) is 13.1 Å². The van der Waals surface area contributed by atoms with Gasteiger partial charge in [0.05, 0.1) is 0 Å². The number of hydrogen-bond acceptors (Lipinski definition) is 5. The van der Waals surface area contributed by atoms with Crippen LogP contribution in [0.1, 0.15) is 44.6 Å². The van der Waals surface area contributed by atoms with Crippen LogP contribution in [0, 0.1) is 0 Å². The summed E-state index contributed by atoms with van der Waals surface area (Å²) in [5, 5.41) is 6.59. The number of carbonyl (C=O) groups is 3. The summed E-state index contributed by atoms with van der Waals surface area (Å²) in [5.74, 6) is -0.601. The number of aromatic nitrogens is 1. The maximum atomic E-state index is 13.0. The fourth-order valence-corrected chi connectivity index (χ4v) is 4.37. The molecule has 4 amide bonds. The molecular weight excluding hydrogens is 384 g/mol. The molecule has 0 unspecified atom stereocenters. The average Bonchev–Trinajstić information content (AvgIpc) is 3.29. The smallest absolute Gasteiger partial charge is 0.327 e. The second-order valence-electron chi connectivity index (χ2n) is 8.00. The molecular formula is C22H26N4O4. The quantitative estimate of drug-likeness (QED) is 0.762. The summed E-state index contributed by atoms with van der Waals surface area (Å²) in [6, 6.07) is 9.13. The third-order valence-electron chi connectivity index (χ3n) is 6.22. The zero-order chi connectivity index (χ0) is 21.3. The van der Waals surface area contributed by atoms with Crippen LogP contribution < -0.4 is 5.32 Å². The highest BCUT2D eigenvalue weighted by molar-refractivity contribution is 6.10. The standard InChI is InChI=1S/C22H26N4O4/c1-3-15-7-9-16(10-8-15)17-13-19(30-24-17)23-18(27)14-26-20(28)22(25(2)21(26)29)11-5-4-6-12-22/h7-10,13H,3-6,11-12,14H2,1-2H3,(H,23,27). The summed E-state index contributed by atoms with van der Waals surface area (Å²) in [6.07, 6.45) is 5.12. The van der Waals surface area contributed by atoms with E-state index in [0.717, 1.165) is 36.1 Å². The SMILES string of the molecule is CCc1ccc(-c2cc(NC(=O)CN3C(=O)N(C)C4(CCCCC4)C3=O)on2)cc1. The Morgan fingerprint density at radius 3 is 2.53 bits per heavy atom. The van der Waals surface area contributed by atoms with Crippen molar-refractivity contribution in [1.82, 2.24) is 15.0 Å². The molecule has 1 aliphatic heterocycles. The summed E-state index contributed by atoms with van der Waals surface area (Å²) >= 11 is 0. The first-order valence-electron chi connectivity index (χ1n) is 10.4. The third-order valence-corrected chi connectivity index (χ3v) is 6.22. The van der Waals surface area contributed by atoms with Gasteiger partial charge in [0.15, 0.2) is 0 Å². The van der Waals surface area contributed by atoms with Crippen LogP contribution in [0.4, 0.5) is 10.7 Å². The van der Waals surface area contributed by atoms with E-state index in [4.69, 9.17) is 4.52 Å². The number of likely N-dealkylation sites (N-methyl/N-ethyl adjacent to an activating group) is 1. The van der Waals surface area contributed by atoms with Gasteiger partial charge in [-0.3, -0.25) is 19.8 Å². The van der Waals surface area contributed by atoms with Crippen molar-refractivity contribution < 1.29 is 18.9 Å². The first kappa shape index (κ1) is 20.1. The van der Waals surface area contributed by atoms with Crippen LogP contribution >= 0.6 is 0 Å². The van der Waals surface area contributed by atoms with Gasteiger partial charge in [0.2, 0.25) is 11.8 Å². The van der Waals surface area contributed by atoms with E-state index in [9.17, 15) is 14.4 Å². The largest absolute Gasteiger partial charge is 0.338 e. The summed E-state index contributed by atoms with van der Waals surface area (Å²) in [5.41, 5.74) is 1.90.